The molecule has 2 N–H and O–H groups in total. The Hall–Kier alpha value is -2.78. The zero-order valence-electron chi connectivity index (χ0n) is 15.8. The number of carbonyl (C=O) groups is 3. The number of ether oxygens (including phenoxy) is 1. The number of imide groups is 1. The van der Waals surface area contributed by atoms with Crippen molar-refractivity contribution in [1.29, 1.82) is 0 Å². The highest BCUT2D eigenvalue weighted by atomic mass is 19.4. The molecule has 1 aromatic carbocycles. The van der Waals surface area contributed by atoms with Crippen LogP contribution in [0.5, 0.6) is 5.75 Å². The molecule has 1 aromatic rings. The summed E-state index contributed by atoms with van der Waals surface area (Å²) in [5, 5.41) is 5.29. The van der Waals surface area contributed by atoms with Gasteiger partial charge in [-0.25, -0.2) is 9.69 Å². The third-order valence-electron chi connectivity index (χ3n) is 5.27. The highest BCUT2D eigenvalue weighted by Gasteiger charge is 2.54. The van der Waals surface area contributed by atoms with E-state index >= 15 is 0 Å². The first-order chi connectivity index (χ1) is 13.6. The highest BCUT2D eigenvalue weighted by molar-refractivity contribution is 6.09. The Kier molecular flexibility index (Phi) is 5.72. The van der Waals surface area contributed by atoms with Crippen LogP contribution in [0.3, 0.4) is 0 Å². The van der Waals surface area contributed by atoms with E-state index in [9.17, 15) is 27.6 Å². The van der Waals surface area contributed by atoms with Crippen LogP contribution in [0.15, 0.2) is 24.3 Å². The fraction of sp³-hybridized carbons (Fsp3) is 0.526. The standard InChI is InChI=1S/C19H22F3N3O4/c1-12(25-16(27)18(24-17(25)28)8-2-3-9-18)15(26)23-10-11-29-14-6-4-13(5-7-14)19(20,21)22/h4-7,12H,2-3,8-11H2,1H3,(H,23,26)(H,24,28). The second-order valence-electron chi connectivity index (χ2n) is 7.23. The SMILES string of the molecule is CC(C(=O)NCCOc1ccc(C(F)(F)F)cc1)N1C(=O)NC2(CCCC2)C1=O. The monoisotopic (exact) mass is 413 g/mol. The van der Waals surface area contributed by atoms with Crippen molar-refractivity contribution >= 4 is 17.8 Å². The number of hydrogen-bond acceptors (Lipinski definition) is 4. The van der Waals surface area contributed by atoms with E-state index in [4.69, 9.17) is 4.74 Å². The highest BCUT2D eigenvalue weighted by Crippen LogP contribution is 2.35. The molecule has 1 saturated carbocycles. The van der Waals surface area contributed by atoms with E-state index in [-0.39, 0.29) is 24.8 Å². The molecular formula is C19H22F3N3O4. The molecule has 0 aromatic heterocycles. The molecule has 1 saturated heterocycles. The molecule has 0 bridgehead atoms. The summed E-state index contributed by atoms with van der Waals surface area (Å²) < 4.78 is 42.9. The normalized spacial score (nSPS) is 19.4. The van der Waals surface area contributed by atoms with Crippen LogP contribution in [0.2, 0.25) is 0 Å². The number of nitrogens with one attached hydrogen (secondary N) is 2. The Morgan fingerprint density at radius 2 is 1.86 bits per heavy atom. The van der Waals surface area contributed by atoms with Gasteiger partial charge in [0.05, 0.1) is 12.1 Å². The van der Waals surface area contributed by atoms with Crippen molar-refractivity contribution in [3.8, 4) is 5.75 Å². The van der Waals surface area contributed by atoms with Gasteiger partial charge >= 0.3 is 12.2 Å². The predicted molar refractivity (Wildman–Crippen MR) is 96.0 cm³/mol. The van der Waals surface area contributed by atoms with Gasteiger partial charge < -0.3 is 15.4 Å². The Balaban J connectivity index is 1.47. The smallest absolute Gasteiger partial charge is 0.416 e. The number of urea groups is 1. The third kappa shape index (κ3) is 4.30. The molecule has 7 nitrogen and oxygen atoms in total. The average Bonchev–Trinajstić information content (AvgIpc) is 3.23. The molecule has 10 heteroatoms. The summed E-state index contributed by atoms with van der Waals surface area (Å²) in [7, 11) is 0. The van der Waals surface area contributed by atoms with Gasteiger partial charge in [0.2, 0.25) is 5.91 Å². The lowest BCUT2D eigenvalue weighted by Crippen LogP contribution is -2.50. The van der Waals surface area contributed by atoms with Gasteiger partial charge in [0, 0.05) is 0 Å². The molecule has 3 rings (SSSR count). The minimum Gasteiger partial charge on any atom is -0.492 e. The average molecular weight is 413 g/mol. The Morgan fingerprint density at radius 1 is 1.24 bits per heavy atom. The molecule has 2 fully saturated rings. The molecular weight excluding hydrogens is 391 g/mol. The molecule has 1 atom stereocenters. The van der Waals surface area contributed by atoms with Crippen LogP contribution >= 0.6 is 0 Å². The molecule has 1 spiro atoms. The van der Waals surface area contributed by atoms with Crippen LogP contribution in [0.4, 0.5) is 18.0 Å². The third-order valence-corrected chi connectivity index (χ3v) is 5.27. The minimum atomic E-state index is -4.42. The Labute approximate surface area is 165 Å². The van der Waals surface area contributed by atoms with Gasteiger partial charge in [-0.15, -0.1) is 0 Å². The minimum absolute atomic E-state index is 0.0217. The molecule has 1 aliphatic carbocycles. The lowest BCUT2D eigenvalue weighted by molar-refractivity contribution is -0.138. The first-order valence-corrected chi connectivity index (χ1v) is 9.38. The summed E-state index contributed by atoms with van der Waals surface area (Å²) >= 11 is 0. The van der Waals surface area contributed by atoms with Crippen molar-refractivity contribution in [3.05, 3.63) is 29.8 Å². The Morgan fingerprint density at radius 3 is 2.45 bits per heavy atom. The second-order valence-corrected chi connectivity index (χ2v) is 7.23. The number of rotatable bonds is 6. The molecule has 1 heterocycles. The number of carbonyl (C=O) groups excluding carboxylic acids is 3. The maximum absolute atomic E-state index is 12.7. The molecule has 2 aliphatic rings. The largest absolute Gasteiger partial charge is 0.492 e. The van der Waals surface area contributed by atoms with E-state index in [1.165, 1.54) is 19.1 Å². The number of hydrogen-bond donors (Lipinski definition) is 2. The lowest BCUT2D eigenvalue weighted by Gasteiger charge is -2.23. The number of amides is 4. The van der Waals surface area contributed by atoms with Gasteiger partial charge in [0.1, 0.15) is 23.9 Å². The molecule has 158 valence electrons. The van der Waals surface area contributed by atoms with Gasteiger partial charge in [-0.1, -0.05) is 12.8 Å². The summed E-state index contributed by atoms with van der Waals surface area (Å²) in [4.78, 5) is 38.2. The van der Waals surface area contributed by atoms with Crippen molar-refractivity contribution in [2.24, 2.45) is 0 Å². The maximum Gasteiger partial charge on any atom is 0.416 e. The van der Waals surface area contributed by atoms with Gasteiger partial charge in [-0.2, -0.15) is 13.2 Å². The molecule has 1 aliphatic heterocycles. The van der Waals surface area contributed by atoms with Crippen LogP contribution in [0, 0.1) is 0 Å². The zero-order chi connectivity index (χ0) is 21.2. The fourth-order valence-electron chi connectivity index (χ4n) is 3.66. The number of alkyl halides is 3. The van der Waals surface area contributed by atoms with Gasteiger partial charge in [0.25, 0.3) is 5.91 Å². The lowest BCUT2D eigenvalue weighted by atomic mass is 9.97. The van der Waals surface area contributed by atoms with E-state index in [1.54, 1.807) is 0 Å². The maximum atomic E-state index is 12.7. The summed E-state index contributed by atoms with van der Waals surface area (Å²) in [5.41, 5.74) is -1.65. The van der Waals surface area contributed by atoms with E-state index in [1.807, 2.05) is 0 Å². The zero-order valence-corrected chi connectivity index (χ0v) is 15.8. The first-order valence-electron chi connectivity index (χ1n) is 9.38. The van der Waals surface area contributed by atoms with Crippen molar-refractivity contribution in [1.82, 2.24) is 15.5 Å². The molecule has 1 unspecified atom stereocenters. The second kappa shape index (κ2) is 7.92. The van der Waals surface area contributed by atoms with Gasteiger partial charge in [0.15, 0.2) is 0 Å². The number of benzene rings is 1. The van der Waals surface area contributed by atoms with Crippen LogP contribution in [-0.2, 0) is 15.8 Å². The van der Waals surface area contributed by atoms with E-state index in [0.29, 0.717) is 12.8 Å². The summed E-state index contributed by atoms with van der Waals surface area (Å²) in [5.74, 6) is -0.652. The Bertz CT molecular complexity index is 789. The quantitative estimate of drug-likeness (QED) is 0.554. The van der Waals surface area contributed by atoms with Crippen molar-refractivity contribution in [3.63, 3.8) is 0 Å². The van der Waals surface area contributed by atoms with Crippen LogP contribution in [-0.4, -0.2) is 47.5 Å². The van der Waals surface area contributed by atoms with Crippen LogP contribution < -0.4 is 15.4 Å². The van der Waals surface area contributed by atoms with E-state index in [0.717, 1.165) is 29.9 Å². The van der Waals surface area contributed by atoms with Gasteiger partial charge in [-0.05, 0) is 44.0 Å². The number of nitrogens with zero attached hydrogens (tertiary/aromatic N) is 1. The van der Waals surface area contributed by atoms with E-state index < -0.39 is 35.3 Å². The van der Waals surface area contributed by atoms with Gasteiger partial charge in [-0.3, -0.25) is 9.59 Å². The van der Waals surface area contributed by atoms with Crippen molar-refractivity contribution < 1.29 is 32.3 Å². The number of halogens is 3. The fourth-order valence-corrected chi connectivity index (χ4v) is 3.66. The van der Waals surface area contributed by atoms with Crippen LogP contribution in [0.25, 0.3) is 0 Å². The predicted octanol–water partition coefficient (Wildman–Crippen LogP) is 2.45. The first kappa shape index (κ1) is 20.9. The van der Waals surface area contributed by atoms with E-state index in [2.05, 4.69) is 10.6 Å². The van der Waals surface area contributed by atoms with Crippen molar-refractivity contribution in [2.45, 2.75) is 50.4 Å². The summed E-state index contributed by atoms with van der Waals surface area (Å²) in [6.07, 6.45) is -1.57. The van der Waals surface area contributed by atoms with Crippen LogP contribution in [0.1, 0.15) is 38.2 Å². The molecule has 0 radical (unpaired) electrons. The summed E-state index contributed by atoms with van der Waals surface area (Å²) in [6.45, 7) is 1.56. The topological polar surface area (TPSA) is 87.7 Å². The molecule has 29 heavy (non-hydrogen) atoms. The summed E-state index contributed by atoms with van der Waals surface area (Å²) in [6, 6.07) is 2.66. The van der Waals surface area contributed by atoms with Crippen molar-refractivity contribution in [2.75, 3.05) is 13.2 Å². The molecule has 4 amide bonds.